The summed E-state index contributed by atoms with van der Waals surface area (Å²) in [6.07, 6.45) is 2.05. The van der Waals surface area contributed by atoms with Crippen molar-refractivity contribution in [1.82, 2.24) is 5.32 Å². The maximum absolute atomic E-state index is 11.8. The molecule has 0 unspecified atom stereocenters. The van der Waals surface area contributed by atoms with Crippen LogP contribution in [0.4, 0.5) is 0 Å². The van der Waals surface area contributed by atoms with Gasteiger partial charge >= 0.3 is 0 Å². The van der Waals surface area contributed by atoms with Crippen LogP contribution in [-0.2, 0) is 0 Å². The summed E-state index contributed by atoms with van der Waals surface area (Å²) in [7, 11) is 1.57. The number of carbonyl (C=O) groups is 1. The molecule has 1 amide bonds. The molecule has 1 aromatic rings. The first kappa shape index (κ1) is 14.4. The Labute approximate surface area is 108 Å². The van der Waals surface area contributed by atoms with Gasteiger partial charge in [0.25, 0.3) is 5.91 Å². The topological polar surface area (TPSA) is 47.6 Å². The molecule has 100 valence electrons. The fourth-order valence-electron chi connectivity index (χ4n) is 1.56. The number of ether oxygens (including phenoxy) is 2. The summed E-state index contributed by atoms with van der Waals surface area (Å²) in [5.74, 6) is 1.16. The average molecular weight is 251 g/mol. The molecule has 4 nitrogen and oxygen atoms in total. The Hall–Kier alpha value is -1.71. The minimum absolute atomic E-state index is 0.0789. The van der Waals surface area contributed by atoms with E-state index in [1.54, 1.807) is 25.3 Å². The van der Waals surface area contributed by atoms with E-state index in [0.717, 1.165) is 12.8 Å². The van der Waals surface area contributed by atoms with Gasteiger partial charge in [-0.05, 0) is 31.5 Å². The summed E-state index contributed by atoms with van der Waals surface area (Å²) in [4.78, 5) is 11.8. The van der Waals surface area contributed by atoms with Gasteiger partial charge in [-0.3, -0.25) is 4.79 Å². The second-order valence-corrected chi connectivity index (χ2v) is 3.91. The van der Waals surface area contributed by atoms with Gasteiger partial charge in [-0.15, -0.1) is 0 Å². The molecule has 1 rings (SSSR count). The van der Waals surface area contributed by atoms with Crippen LogP contribution >= 0.6 is 0 Å². The maximum Gasteiger partial charge on any atom is 0.251 e. The third-order valence-corrected chi connectivity index (χ3v) is 2.54. The Balaban J connectivity index is 2.74. The number of amides is 1. The van der Waals surface area contributed by atoms with E-state index in [2.05, 4.69) is 12.2 Å². The number of benzene rings is 1. The van der Waals surface area contributed by atoms with Gasteiger partial charge in [-0.1, -0.05) is 13.3 Å². The molecule has 1 aromatic carbocycles. The fraction of sp³-hybridized carbons (Fsp3) is 0.500. The van der Waals surface area contributed by atoms with Crippen molar-refractivity contribution in [3.8, 4) is 11.5 Å². The fourth-order valence-corrected chi connectivity index (χ4v) is 1.56. The van der Waals surface area contributed by atoms with E-state index in [1.807, 2.05) is 6.92 Å². The number of rotatable bonds is 7. The van der Waals surface area contributed by atoms with Crippen LogP contribution in [0.1, 0.15) is 37.0 Å². The van der Waals surface area contributed by atoms with Gasteiger partial charge in [0.05, 0.1) is 13.7 Å². The first-order chi connectivity index (χ1) is 8.72. The number of hydrogen-bond acceptors (Lipinski definition) is 3. The highest BCUT2D eigenvalue weighted by molar-refractivity contribution is 5.94. The molecule has 0 saturated heterocycles. The van der Waals surface area contributed by atoms with Crippen LogP contribution in [0.2, 0.25) is 0 Å². The Bertz CT molecular complexity index is 391. The van der Waals surface area contributed by atoms with Gasteiger partial charge in [0.1, 0.15) is 0 Å². The van der Waals surface area contributed by atoms with E-state index < -0.39 is 0 Å². The average Bonchev–Trinajstić information content (AvgIpc) is 2.39. The standard InChI is InChI=1S/C14H21NO3/c1-4-6-9-15-14(16)11-7-8-12(18-5-2)13(10-11)17-3/h7-8,10H,4-6,9H2,1-3H3,(H,15,16). The van der Waals surface area contributed by atoms with Crippen molar-refractivity contribution in [3.63, 3.8) is 0 Å². The smallest absolute Gasteiger partial charge is 0.251 e. The summed E-state index contributed by atoms with van der Waals surface area (Å²) in [5, 5.41) is 2.87. The van der Waals surface area contributed by atoms with E-state index >= 15 is 0 Å². The van der Waals surface area contributed by atoms with Gasteiger partial charge < -0.3 is 14.8 Å². The van der Waals surface area contributed by atoms with Gasteiger partial charge in [0, 0.05) is 12.1 Å². The Morgan fingerprint density at radius 1 is 1.28 bits per heavy atom. The van der Waals surface area contributed by atoms with Crippen molar-refractivity contribution < 1.29 is 14.3 Å². The molecule has 0 fully saturated rings. The SMILES string of the molecule is CCCCNC(=O)c1ccc(OCC)c(OC)c1. The summed E-state index contributed by atoms with van der Waals surface area (Å²) >= 11 is 0. The van der Waals surface area contributed by atoms with Gasteiger partial charge in [0.2, 0.25) is 0 Å². The molecule has 0 aliphatic rings. The van der Waals surface area contributed by atoms with Crippen LogP contribution in [0.3, 0.4) is 0 Å². The number of nitrogens with one attached hydrogen (secondary N) is 1. The van der Waals surface area contributed by atoms with Crippen molar-refractivity contribution >= 4 is 5.91 Å². The zero-order valence-corrected chi connectivity index (χ0v) is 11.3. The van der Waals surface area contributed by atoms with Crippen LogP contribution in [0, 0.1) is 0 Å². The lowest BCUT2D eigenvalue weighted by Crippen LogP contribution is -2.24. The highest BCUT2D eigenvalue weighted by Crippen LogP contribution is 2.27. The highest BCUT2D eigenvalue weighted by atomic mass is 16.5. The predicted octanol–water partition coefficient (Wildman–Crippen LogP) is 2.62. The van der Waals surface area contributed by atoms with Crippen molar-refractivity contribution in [2.75, 3.05) is 20.3 Å². The normalized spacial score (nSPS) is 9.94. The molecule has 0 saturated carbocycles. The predicted molar refractivity (Wildman–Crippen MR) is 71.4 cm³/mol. The Morgan fingerprint density at radius 2 is 2.06 bits per heavy atom. The second kappa shape index (κ2) is 7.58. The molecule has 0 atom stereocenters. The zero-order valence-electron chi connectivity index (χ0n) is 11.3. The minimum atomic E-state index is -0.0789. The first-order valence-corrected chi connectivity index (χ1v) is 6.32. The zero-order chi connectivity index (χ0) is 13.4. The molecule has 0 aliphatic heterocycles. The van der Waals surface area contributed by atoms with E-state index in [9.17, 15) is 4.79 Å². The van der Waals surface area contributed by atoms with Crippen molar-refractivity contribution in [3.05, 3.63) is 23.8 Å². The van der Waals surface area contributed by atoms with Crippen LogP contribution in [0.5, 0.6) is 11.5 Å². The lowest BCUT2D eigenvalue weighted by Gasteiger charge is -2.11. The monoisotopic (exact) mass is 251 g/mol. The third-order valence-electron chi connectivity index (χ3n) is 2.54. The van der Waals surface area contributed by atoms with Crippen LogP contribution < -0.4 is 14.8 Å². The van der Waals surface area contributed by atoms with Gasteiger partial charge in [-0.2, -0.15) is 0 Å². The van der Waals surface area contributed by atoms with E-state index in [-0.39, 0.29) is 5.91 Å². The molecule has 1 N–H and O–H groups in total. The summed E-state index contributed by atoms with van der Waals surface area (Å²) in [5.41, 5.74) is 0.589. The second-order valence-electron chi connectivity index (χ2n) is 3.91. The van der Waals surface area contributed by atoms with Crippen LogP contribution in [-0.4, -0.2) is 26.2 Å². The third kappa shape index (κ3) is 3.95. The molecule has 0 radical (unpaired) electrons. The molecule has 0 aromatic heterocycles. The number of unbranched alkanes of at least 4 members (excludes halogenated alkanes) is 1. The quantitative estimate of drug-likeness (QED) is 0.758. The Kier molecular flexibility index (Phi) is 6.05. The molecule has 0 heterocycles. The molecular weight excluding hydrogens is 230 g/mol. The summed E-state index contributed by atoms with van der Waals surface area (Å²) in [6.45, 7) is 5.26. The van der Waals surface area contributed by atoms with Crippen LogP contribution in [0.25, 0.3) is 0 Å². The number of hydrogen-bond donors (Lipinski definition) is 1. The van der Waals surface area contributed by atoms with Crippen molar-refractivity contribution in [2.24, 2.45) is 0 Å². The maximum atomic E-state index is 11.8. The van der Waals surface area contributed by atoms with Crippen molar-refractivity contribution in [1.29, 1.82) is 0 Å². The van der Waals surface area contributed by atoms with Crippen molar-refractivity contribution in [2.45, 2.75) is 26.7 Å². The molecule has 0 bridgehead atoms. The molecule has 0 spiro atoms. The molecule has 18 heavy (non-hydrogen) atoms. The number of carbonyl (C=O) groups excluding carboxylic acids is 1. The lowest BCUT2D eigenvalue weighted by atomic mass is 10.2. The Morgan fingerprint density at radius 3 is 2.67 bits per heavy atom. The van der Waals surface area contributed by atoms with E-state index in [0.29, 0.717) is 30.2 Å². The van der Waals surface area contributed by atoms with Gasteiger partial charge in [-0.25, -0.2) is 0 Å². The first-order valence-electron chi connectivity index (χ1n) is 6.32. The summed E-state index contributed by atoms with van der Waals surface area (Å²) in [6, 6.07) is 5.21. The molecular formula is C14H21NO3. The van der Waals surface area contributed by atoms with Gasteiger partial charge in [0.15, 0.2) is 11.5 Å². The summed E-state index contributed by atoms with van der Waals surface area (Å²) < 4.78 is 10.6. The highest BCUT2D eigenvalue weighted by Gasteiger charge is 2.10. The van der Waals surface area contributed by atoms with Crippen LogP contribution in [0.15, 0.2) is 18.2 Å². The lowest BCUT2D eigenvalue weighted by molar-refractivity contribution is 0.0952. The minimum Gasteiger partial charge on any atom is -0.493 e. The van der Waals surface area contributed by atoms with E-state index in [1.165, 1.54) is 0 Å². The number of methoxy groups -OCH3 is 1. The van der Waals surface area contributed by atoms with E-state index in [4.69, 9.17) is 9.47 Å². The largest absolute Gasteiger partial charge is 0.493 e. The molecule has 0 aliphatic carbocycles. The molecule has 4 heteroatoms.